The molecule has 1 aromatic heterocycles. The van der Waals surface area contributed by atoms with Gasteiger partial charge in [-0.05, 0) is 28.1 Å². The van der Waals surface area contributed by atoms with E-state index in [-0.39, 0.29) is 11.5 Å². The second-order valence-corrected chi connectivity index (χ2v) is 7.95. The normalized spacial score (nSPS) is 11.7. The van der Waals surface area contributed by atoms with Gasteiger partial charge in [0.25, 0.3) is 0 Å². The van der Waals surface area contributed by atoms with E-state index in [0.717, 1.165) is 20.6 Å². The van der Waals surface area contributed by atoms with Crippen LogP contribution in [-0.2, 0) is 4.79 Å². The average Bonchev–Trinajstić information content (AvgIpc) is 3.12. The summed E-state index contributed by atoms with van der Waals surface area (Å²) < 4.78 is 0.946. The highest BCUT2D eigenvalue weighted by molar-refractivity contribution is 9.10. The summed E-state index contributed by atoms with van der Waals surface area (Å²) in [6.45, 7) is 0. The number of benzene rings is 2. The number of hydrogen-bond donors (Lipinski definition) is 0. The lowest BCUT2D eigenvalue weighted by molar-refractivity contribution is -0.116. The molecule has 1 heterocycles. The summed E-state index contributed by atoms with van der Waals surface area (Å²) in [5, 5.41) is 11.9. The Morgan fingerprint density at radius 1 is 1.20 bits per heavy atom. The van der Waals surface area contributed by atoms with Crippen LogP contribution in [0.15, 0.2) is 69.3 Å². The molecule has 0 saturated carbocycles. The first kappa shape index (κ1) is 17.9. The van der Waals surface area contributed by atoms with Crippen LogP contribution in [0.25, 0.3) is 11.3 Å². The highest BCUT2D eigenvalue weighted by Crippen LogP contribution is 2.30. The van der Waals surface area contributed by atoms with Gasteiger partial charge in [0.05, 0.1) is 17.5 Å². The van der Waals surface area contributed by atoms with Gasteiger partial charge in [-0.15, -0.1) is 23.1 Å². The third kappa shape index (κ3) is 4.37. The fourth-order valence-corrected chi connectivity index (χ4v) is 4.59. The highest BCUT2D eigenvalue weighted by Gasteiger charge is 2.24. The van der Waals surface area contributed by atoms with E-state index in [4.69, 9.17) is 0 Å². The molecule has 1 atom stereocenters. The van der Waals surface area contributed by atoms with Crippen LogP contribution in [0.5, 0.6) is 0 Å². The predicted octanol–water partition coefficient (Wildman–Crippen LogP) is 5.54. The van der Waals surface area contributed by atoms with E-state index in [9.17, 15) is 10.1 Å². The molecule has 6 heteroatoms. The maximum atomic E-state index is 12.5. The number of thioether (sulfide) groups is 1. The van der Waals surface area contributed by atoms with Gasteiger partial charge in [0.1, 0.15) is 5.01 Å². The van der Waals surface area contributed by atoms with Crippen LogP contribution in [0, 0.1) is 11.3 Å². The molecule has 0 aliphatic heterocycles. The molecular formula is C19H13BrN2OS2. The third-order valence-corrected chi connectivity index (χ3v) is 6.46. The Hall–Kier alpha value is -1.94. The van der Waals surface area contributed by atoms with Crippen molar-refractivity contribution < 1.29 is 4.79 Å². The molecule has 0 radical (unpaired) electrons. The predicted molar refractivity (Wildman–Crippen MR) is 106 cm³/mol. The smallest absolute Gasteiger partial charge is 0.167 e. The summed E-state index contributed by atoms with van der Waals surface area (Å²) >= 11 is 6.25. The van der Waals surface area contributed by atoms with Crippen LogP contribution >= 0.6 is 39.0 Å². The lowest BCUT2D eigenvalue weighted by atomic mass is 10.1. The van der Waals surface area contributed by atoms with E-state index in [1.165, 1.54) is 23.1 Å². The molecule has 0 aliphatic rings. The first-order valence-electron chi connectivity index (χ1n) is 7.49. The Morgan fingerprint density at radius 3 is 2.64 bits per heavy atom. The second-order valence-electron chi connectivity index (χ2n) is 5.18. The minimum atomic E-state index is -0.822. The Labute approximate surface area is 162 Å². The van der Waals surface area contributed by atoms with Gasteiger partial charge in [-0.1, -0.05) is 42.5 Å². The van der Waals surface area contributed by atoms with Crippen LogP contribution < -0.4 is 0 Å². The molecule has 25 heavy (non-hydrogen) atoms. The summed E-state index contributed by atoms with van der Waals surface area (Å²) in [5.74, 6) is -0.712. The number of thiazole rings is 1. The number of Topliss-reactive ketones (excluding diaryl/α,β-unsaturated/α-hetero) is 1. The Balaban J connectivity index is 1.72. The van der Waals surface area contributed by atoms with Gasteiger partial charge in [-0.25, -0.2) is 4.98 Å². The summed E-state index contributed by atoms with van der Waals surface area (Å²) in [6, 6.07) is 19.6. The summed E-state index contributed by atoms with van der Waals surface area (Å²) in [7, 11) is 0. The van der Waals surface area contributed by atoms with Crippen molar-refractivity contribution in [1.82, 2.24) is 4.98 Å². The number of rotatable bonds is 6. The molecule has 0 unspecified atom stereocenters. The van der Waals surface area contributed by atoms with Crippen molar-refractivity contribution in [2.75, 3.05) is 5.75 Å². The van der Waals surface area contributed by atoms with Crippen LogP contribution in [0.3, 0.4) is 0 Å². The number of hydrogen-bond acceptors (Lipinski definition) is 5. The molecule has 124 valence electrons. The fraction of sp³-hybridized carbons (Fsp3) is 0.105. The Bertz CT molecular complexity index is 918. The molecular weight excluding hydrogens is 416 g/mol. The molecule has 0 amide bonds. The first-order chi connectivity index (χ1) is 12.2. The maximum absolute atomic E-state index is 12.5. The van der Waals surface area contributed by atoms with E-state index < -0.39 is 5.92 Å². The number of nitrogens with zero attached hydrogens (tertiary/aromatic N) is 2. The van der Waals surface area contributed by atoms with E-state index in [0.29, 0.717) is 5.01 Å². The van der Waals surface area contributed by atoms with Gasteiger partial charge in [-0.2, -0.15) is 5.26 Å². The molecule has 3 rings (SSSR count). The van der Waals surface area contributed by atoms with Crippen LogP contribution in [0.4, 0.5) is 0 Å². The second kappa shape index (κ2) is 8.43. The van der Waals surface area contributed by atoms with Crippen molar-refractivity contribution in [1.29, 1.82) is 5.26 Å². The number of carbonyl (C=O) groups is 1. The molecule has 0 fully saturated rings. The van der Waals surface area contributed by atoms with Crippen molar-refractivity contribution in [3.05, 3.63) is 69.5 Å². The van der Waals surface area contributed by atoms with Crippen LogP contribution in [0.1, 0.15) is 10.9 Å². The lowest BCUT2D eigenvalue weighted by Gasteiger charge is -2.06. The van der Waals surface area contributed by atoms with Crippen LogP contribution in [0.2, 0.25) is 0 Å². The molecule has 3 nitrogen and oxygen atoms in total. The Morgan fingerprint density at radius 2 is 1.92 bits per heavy atom. The fourth-order valence-electron chi connectivity index (χ4n) is 2.22. The molecule has 0 saturated heterocycles. The zero-order valence-corrected chi connectivity index (χ0v) is 16.3. The zero-order valence-electron chi connectivity index (χ0n) is 13.1. The summed E-state index contributed by atoms with van der Waals surface area (Å²) in [6.07, 6.45) is 0. The number of aromatic nitrogens is 1. The molecule has 3 aromatic rings. The SMILES string of the molecule is N#C[C@H](C(=O)CSc1ccccc1Br)c1nc(-c2ccccc2)cs1. The van der Waals surface area contributed by atoms with E-state index in [1.807, 2.05) is 60.0 Å². The molecule has 0 N–H and O–H groups in total. The van der Waals surface area contributed by atoms with E-state index in [1.54, 1.807) is 0 Å². The van der Waals surface area contributed by atoms with Crippen molar-refractivity contribution in [3.63, 3.8) is 0 Å². The molecule has 2 aromatic carbocycles. The highest BCUT2D eigenvalue weighted by atomic mass is 79.9. The standard InChI is InChI=1S/C19H13BrN2OS2/c20-15-8-4-5-9-18(15)24-12-17(23)14(10-21)19-22-16(11-25-19)13-6-2-1-3-7-13/h1-9,11,14H,12H2/t14-/m1/s1. The average molecular weight is 429 g/mol. The number of nitriles is 1. The zero-order chi connectivity index (χ0) is 17.6. The molecule has 0 bridgehead atoms. The van der Waals surface area contributed by atoms with Gasteiger partial charge in [0, 0.05) is 20.3 Å². The monoisotopic (exact) mass is 428 g/mol. The number of halogens is 1. The summed E-state index contributed by atoms with van der Waals surface area (Å²) in [5.41, 5.74) is 1.78. The van der Waals surface area contributed by atoms with Gasteiger partial charge in [0.15, 0.2) is 11.7 Å². The van der Waals surface area contributed by atoms with Gasteiger partial charge in [0.2, 0.25) is 0 Å². The molecule has 0 spiro atoms. The van der Waals surface area contributed by atoms with Crippen molar-refractivity contribution in [2.45, 2.75) is 10.8 Å². The van der Waals surface area contributed by atoms with E-state index in [2.05, 4.69) is 27.0 Å². The number of carbonyl (C=O) groups excluding carboxylic acids is 1. The van der Waals surface area contributed by atoms with Crippen molar-refractivity contribution >= 4 is 44.8 Å². The summed E-state index contributed by atoms with van der Waals surface area (Å²) in [4.78, 5) is 18.0. The minimum Gasteiger partial charge on any atom is -0.297 e. The number of ketones is 1. The first-order valence-corrected chi connectivity index (χ1v) is 10.2. The largest absolute Gasteiger partial charge is 0.297 e. The van der Waals surface area contributed by atoms with E-state index >= 15 is 0 Å². The molecule has 0 aliphatic carbocycles. The quantitative estimate of drug-likeness (QED) is 0.483. The third-order valence-electron chi connectivity index (χ3n) is 3.50. The Kier molecular flexibility index (Phi) is 6.03. The topological polar surface area (TPSA) is 53.8 Å². The van der Waals surface area contributed by atoms with Gasteiger partial charge < -0.3 is 0 Å². The van der Waals surface area contributed by atoms with Gasteiger partial charge in [-0.3, -0.25) is 4.79 Å². The maximum Gasteiger partial charge on any atom is 0.167 e. The van der Waals surface area contributed by atoms with Crippen molar-refractivity contribution in [3.8, 4) is 17.3 Å². The van der Waals surface area contributed by atoms with Gasteiger partial charge >= 0.3 is 0 Å². The lowest BCUT2D eigenvalue weighted by Crippen LogP contribution is -2.13. The van der Waals surface area contributed by atoms with Crippen molar-refractivity contribution in [2.24, 2.45) is 0 Å². The minimum absolute atomic E-state index is 0.128. The van der Waals surface area contributed by atoms with Crippen LogP contribution in [-0.4, -0.2) is 16.5 Å².